The first-order valence-electron chi connectivity index (χ1n) is 6.20. The van der Waals surface area contributed by atoms with Crippen LogP contribution in [0.3, 0.4) is 0 Å². The van der Waals surface area contributed by atoms with Gasteiger partial charge in [-0.2, -0.15) is 0 Å². The number of primary amides is 1. The van der Waals surface area contributed by atoms with Crippen LogP contribution in [0, 0.1) is 0 Å². The van der Waals surface area contributed by atoms with Crippen molar-refractivity contribution in [3.8, 4) is 0 Å². The van der Waals surface area contributed by atoms with Crippen molar-refractivity contribution in [1.82, 2.24) is 0 Å². The summed E-state index contributed by atoms with van der Waals surface area (Å²) in [5.74, 6) is -0.694. The molecule has 3 heteroatoms. The number of hydrogen-bond acceptors (Lipinski definition) is 2. The standard InChI is InChI=1S/C16H17NO2/c17-15(18)16(19,11-13-7-3-1-4-8-13)12-14-9-5-2-6-10-14/h1-10,19H,11-12H2,(H2,17,18). The molecule has 3 nitrogen and oxygen atoms in total. The molecule has 0 saturated heterocycles. The van der Waals surface area contributed by atoms with Gasteiger partial charge >= 0.3 is 0 Å². The molecular weight excluding hydrogens is 238 g/mol. The van der Waals surface area contributed by atoms with Crippen LogP contribution in [0.2, 0.25) is 0 Å². The number of nitrogens with two attached hydrogens (primary N) is 1. The third kappa shape index (κ3) is 3.42. The van der Waals surface area contributed by atoms with Crippen molar-refractivity contribution in [3.05, 3.63) is 71.8 Å². The minimum absolute atomic E-state index is 0.220. The first-order valence-corrected chi connectivity index (χ1v) is 6.20. The Morgan fingerprint density at radius 3 is 1.58 bits per heavy atom. The molecule has 0 aliphatic heterocycles. The van der Waals surface area contributed by atoms with Gasteiger partial charge in [-0.25, -0.2) is 0 Å². The van der Waals surface area contributed by atoms with E-state index in [1.165, 1.54) is 0 Å². The monoisotopic (exact) mass is 255 g/mol. The van der Waals surface area contributed by atoms with E-state index >= 15 is 0 Å². The molecule has 19 heavy (non-hydrogen) atoms. The van der Waals surface area contributed by atoms with E-state index in [0.717, 1.165) is 11.1 Å². The van der Waals surface area contributed by atoms with Crippen LogP contribution >= 0.6 is 0 Å². The van der Waals surface area contributed by atoms with Gasteiger partial charge in [0.05, 0.1) is 0 Å². The zero-order chi connectivity index (χ0) is 13.7. The maximum absolute atomic E-state index is 11.6. The fourth-order valence-electron chi connectivity index (χ4n) is 2.10. The molecule has 1 amide bonds. The Labute approximate surface area is 112 Å². The smallest absolute Gasteiger partial charge is 0.250 e. The molecule has 0 heterocycles. The second kappa shape index (κ2) is 5.67. The van der Waals surface area contributed by atoms with Crippen molar-refractivity contribution < 1.29 is 9.90 Å². The molecular formula is C16H17NO2. The summed E-state index contributed by atoms with van der Waals surface area (Å²) in [6.07, 6.45) is 0.441. The Balaban J connectivity index is 2.21. The molecule has 0 spiro atoms. The van der Waals surface area contributed by atoms with Gasteiger partial charge < -0.3 is 10.8 Å². The summed E-state index contributed by atoms with van der Waals surface area (Å²) >= 11 is 0. The lowest BCUT2D eigenvalue weighted by Gasteiger charge is -2.25. The lowest BCUT2D eigenvalue weighted by Crippen LogP contribution is -2.47. The molecule has 0 aliphatic rings. The maximum atomic E-state index is 11.6. The van der Waals surface area contributed by atoms with Gasteiger partial charge in [0.1, 0.15) is 0 Å². The van der Waals surface area contributed by atoms with Gasteiger partial charge in [-0.1, -0.05) is 60.7 Å². The quantitative estimate of drug-likeness (QED) is 0.854. The average molecular weight is 255 g/mol. The zero-order valence-corrected chi connectivity index (χ0v) is 10.6. The van der Waals surface area contributed by atoms with E-state index in [-0.39, 0.29) is 12.8 Å². The molecule has 0 bridgehead atoms. The highest BCUT2D eigenvalue weighted by molar-refractivity contribution is 5.84. The molecule has 0 aromatic heterocycles. The average Bonchev–Trinajstić information content (AvgIpc) is 2.40. The van der Waals surface area contributed by atoms with Crippen LogP contribution in [0.4, 0.5) is 0 Å². The van der Waals surface area contributed by atoms with Crippen LogP contribution in [0.1, 0.15) is 11.1 Å². The fraction of sp³-hybridized carbons (Fsp3) is 0.188. The van der Waals surface area contributed by atoms with E-state index in [9.17, 15) is 9.90 Å². The Bertz CT molecular complexity index is 496. The third-order valence-corrected chi connectivity index (χ3v) is 3.14. The van der Waals surface area contributed by atoms with Crippen molar-refractivity contribution in [3.63, 3.8) is 0 Å². The number of benzene rings is 2. The van der Waals surface area contributed by atoms with E-state index in [1.807, 2.05) is 60.7 Å². The molecule has 2 aromatic carbocycles. The van der Waals surface area contributed by atoms with Gasteiger partial charge in [0.2, 0.25) is 5.91 Å². The number of hydrogen-bond donors (Lipinski definition) is 2. The van der Waals surface area contributed by atoms with E-state index < -0.39 is 11.5 Å². The van der Waals surface area contributed by atoms with Crippen molar-refractivity contribution in [2.24, 2.45) is 5.73 Å². The van der Waals surface area contributed by atoms with Crippen LogP contribution in [-0.4, -0.2) is 16.6 Å². The summed E-state index contributed by atoms with van der Waals surface area (Å²) in [7, 11) is 0. The van der Waals surface area contributed by atoms with Gasteiger partial charge in [0, 0.05) is 12.8 Å². The molecule has 2 aromatic rings. The van der Waals surface area contributed by atoms with Crippen LogP contribution in [0.25, 0.3) is 0 Å². The molecule has 0 aliphatic carbocycles. The predicted octanol–water partition coefficient (Wildman–Crippen LogP) is 1.69. The SMILES string of the molecule is NC(=O)C(O)(Cc1ccccc1)Cc1ccccc1. The molecule has 0 radical (unpaired) electrons. The van der Waals surface area contributed by atoms with Crippen molar-refractivity contribution >= 4 is 5.91 Å². The second-order valence-electron chi connectivity index (χ2n) is 4.72. The predicted molar refractivity (Wildman–Crippen MR) is 74.4 cm³/mol. The summed E-state index contributed by atoms with van der Waals surface area (Å²) < 4.78 is 0. The third-order valence-electron chi connectivity index (χ3n) is 3.14. The van der Waals surface area contributed by atoms with E-state index in [4.69, 9.17) is 5.73 Å². The second-order valence-corrected chi connectivity index (χ2v) is 4.72. The fourth-order valence-corrected chi connectivity index (χ4v) is 2.10. The number of rotatable bonds is 5. The Hall–Kier alpha value is -2.13. The van der Waals surface area contributed by atoms with Gasteiger partial charge in [-0.15, -0.1) is 0 Å². The Morgan fingerprint density at radius 2 is 1.26 bits per heavy atom. The van der Waals surface area contributed by atoms with Gasteiger partial charge in [0.25, 0.3) is 0 Å². The molecule has 2 rings (SSSR count). The van der Waals surface area contributed by atoms with Crippen molar-refractivity contribution in [2.75, 3.05) is 0 Å². The summed E-state index contributed by atoms with van der Waals surface area (Å²) in [6.45, 7) is 0. The summed E-state index contributed by atoms with van der Waals surface area (Å²) in [5.41, 5.74) is 5.60. The number of carbonyl (C=O) groups is 1. The largest absolute Gasteiger partial charge is 0.379 e. The van der Waals surface area contributed by atoms with Crippen molar-refractivity contribution in [2.45, 2.75) is 18.4 Å². The highest BCUT2D eigenvalue weighted by Gasteiger charge is 2.34. The van der Waals surface area contributed by atoms with Gasteiger partial charge in [-0.05, 0) is 11.1 Å². The molecule has 0 fully saturated rings. The van der Waals surface area contributed by atoms with Crippen molar-refractivity contribution in [1.29, 1.82) is 0 Å². The molecule has 0 saturated carbocycles. The maximum Gasteiger partial charge on any atom is 0.250 e. The lowest BCUT2D eigenvalue weighted by molar-refractivity contribution is -0.136. The molecule has 0 unspecified atom stereocenters. The first kappa shape index (κ1) is 13.3. The van der Waals surface area contributed by atoms with E-state index in [1.54, 1.807) is 0 Å². The van der Waals surface area contributed by atoms with Crippen LogP contribution in [-0.2, 0) is 17.6 Å². The zero-order valence-electron chi connectivity index (χ0n) is 10.6. The number of carbonyl (C=O) groups excluding carboxylic acids is 1. The summed E-state index contributed by atoms with van der Waals surface area (Å²) in [4.78, 5) is 11.6. The molecule has 98 valence electrons. The van der Waals surface area contributed by atoms with Gasteiger partial charge in [0.15, 0.2) is 5.60 Å². The molecule has 3 N–H and O–H groups in total. The van der Waals surface area contributed by atoms with Crippen LogP contribution < -0.4 is 5.73 Å². The first-order chi connectivity index (χ1) is 9.10. The Morgan fingerprint density at radius 1 is 0.895 bits per heavy atom. The summed E-state index contributed by atoms with van der Waals surface area (Å²) in [6, 6.07) is 18.8. The lowest BCUT2D eigenvalue weighted by atomic mass is 9.87. The minimum atomic E-state index is -1.55. The molecule has 0 atom stereocenters. The number of amides is 1. The summed E-state index contributed by atoms with van der Waals surface area (Å²) in [5, 5.41) is 10.5. The Kier molecular flexibility index (Phi) is 3.97. The number of aliphatic hydroxyl groups is 1. The van der Waals surface area contributed by atoms with Crippen LogP contribution in [0.5, 0.6) is 0 Å². The van der Waals surface area contributed by atoms with Gasteiger partial charge in [-0.3, -0.25) is 4.79 Å². The van der Waals surface area contributed by atoms with Crippen LogP contribution in [0.15, 0.2) is 60.7 Å². The normalized spacial score (nSPS) is 11.2. The van der Waals surface area contributed by atoms with E-state index in [0.29, 0.717) is 0 Å². The van der Waals surface area contributed by atoms with E-state index in [2.05, 4.69) is 0 Å². The highest BCUT2D eigenvalue weighted by Crippen LogP contribution is 2.19. The topological polar surface area (TPSA) is 63.3 Å². The minimum Gasteiger partial charge on any atom is -0.379 e. The highest BCUT2D eigenvalue weighted by atomic mass is 16.3.